The molecule has 0 aliphatic rings. The van der Waals surface area contributed by atoms with Gasteiger partial charge in [-0.2, -0.15) is 5.10 Å². The van der Waals surface area contributed by atoms with Crippen molar-refractivity contribution in [3.63, 3.8) is 0 Å². The van der Waals surface area contributed by atoms with Crippen LogP contribution in [0.25, 0.3) is 0 Å². The number of benzene rings is 3. The topological polar surface area (TPSA) is 58.5 Å². The number of aryl methyl sites for hydroxylation is 1. The zero-order chi connectivity index (χ0) is 18.6. The number of nitrogens with zero attached hydrogens (tertiary/aromatic N) is 1. The van der Waals surface area contributed by atoms with Gasteiger partial charge < -0.3 is 0 Å². The summed E-state index contributed by atoms with van der Waals surface area (Å²) in [4.78, 5) is 0.450. The molecule has 0 spiro atoms. The van der Waals surface area contributed by atoms with Crippen molar-refractivity contribution in [2.24, 2.45) is 5.10 Å². The van der Waals surface area contributed by atoms with Crippen molar-refractivity contribution >= 4 is 21.7 Å². The van der Waals surface area contributed by atoms with E-state index < -0.39 is 9.84 Å². The fraction of sp³-hybridized carbons (Fsp3) is 0.0500. The van der Waals surface area contributed by atoms with E-state index in [1.165, 1.54) is 24.4 Å². The Labute approximate surface area is 151 Å². The van der Waals surface area contributed by atoms with Crippen molar-refractivity contribution in [3.05, 3.63) is 89.7 Å². The van der Waals surface area contributed by atoms with Gasteiger partial charge in [-0.15, -0.1) is 0 Å². The Morgan fingerprint density at radius 1 is 0.885 bits per heavy atom. The van der Waals surface area contributed by atoms with Gasteiger partial charge in [0.25, 0.3) is 0 Å². The predicted molar refractivity (Wildman–Crippen MR) is 101 cm³/mol. The van der Waals surface area contributed by atoms with Crippen LogP contribution in [0.1, 0.15) is 11.1 Å². The van der Waals surface area contributed by atoms with E-state index in [-0.39, 0.29) is 15.6 Å². The third kappa shape index (κ3) is 3.97. The Morgan fingerprint density at radius 3 is 2.08 bits per heavy atom. The number of hydrogen-bond acceptors (Lipinski definition) is 4. The summed E-state index contributed by atoms with van der Waals surface area (Å²) < 4.78 is 38.7. The van der Waals surface area contributed by atoms with Crippen LogP contribution in [0.4, 0.5) is 10.1 Å². The minimum absolute atomic E-state index is 0.199. The number of nitrogens with one attached hydrogen (secondary N) is 1. The highest BCUT2D eigenvalue weighted by molar-refractivity contribution is 7.91. The van der Waals surface area contributed by atoms with E-state index >= 15 is 0 Å². The molecule has 0 saturated carbocycles. The average molecular weight is 368 g/mol. The van der Waals surface area contributed by atoms with Crippen LogP contribution in [0.15, 0.2) is 87.7 Å². The molecule has 4 nitrogen and oxygen atoms in total. The van der Waals surface area contributed by atoms with Crippen LogP contribution in [-0.4, -0.2) is 14.6 Å². The standard InChI is InChI=1S/C20H17FN2O2S/c1-15-6-10-18(11-7-15)26(24,25)19-12-8-17(9-13-19)23-22-14-16-4-2-3-5-20(16)21/h2-14,23H,1H3/b22-14-. The van der Waals surface area contributed by atoms with E-state index in [4.69, 9.17) is 0 Å². The third-order valence-corrected chi connectivity index (χ3v) is 5.58. The maximum Gasteiger partial charge on any atom is 0.206 e. The molecule has 3 aromatic rings. The van der Waals surface area contributed by atoms with Gasteiger partial charge in [0.15, 0.2) is 0 Å². The number of sulfone groups is 1. The summed E-state index contributed by atoms with van der Waals surface area (Å²) >= 11 is 0. The molecule has 0 bridgehead atoms. The second-order valence-corrected chi connectivity index (χ2v) is 7.68. The minimum atomic E-state index is -3.56. The monoisotopic (exact) mass is 368 g/mol. The summed E-state index contributed by atoms with van der Waals surface area (Å²) in [6, 6.07) is 19.2. The molecule has 0 fully saturated rings. The van der Waals surface area contributed by atoms with Gasteiger partial charge >= 0.3 is 0 Å². The largest absolute Gasteiger partial charge is 0.279 e. The van der Waals surface area contributed by atoms with Crippen molar-refractivity contribution in [2.75, 3.05) is 5.43 Å². The molecular weight excluding hydrogens is 351 g/mol. The summed E-state index contributed by atoms with van der Waals surface area (Å²) in [5, 5.41) is 3.97. The maximum atomic E-state index is 13.5. The molecule has 0 aromatic heterocycles. The highest BCUT2D eigenvalue weighted by atomic mass is 32.2. The van der Waals surface area contributed by atoms with Gasteiger partial charge in [0.1, 0.15) is 5.82 Å². The van der Waals surface area contributed by atoms with Gasteiger partial charge in [-0.25, -0.2) is 12.8 Å². The van der Waals surface area contributed by atoms with Gasteiger partial charge in [-0.1, -0.05) is 35.9 Å². The highest BCUT2D eigenvalue weighted by Crippen LogP contribution is 2.22. The summed E-state index contributed by atoms with van der Waals surface area (Å²) in [5.74, 6) is -0.363. The van der Waals surface area contributed by atoms with Gasteiger partial charge in [-0.05, 0) is 49.4 Å². The lowest BCUT2D eigenvalue weighted by atomic mass is 10.2. The normalized spacial score (nSPS) is 11.6. The molecule has 0 aliphatic carbocycles. The van der Waals surface area contributed by atoms with Crippen LogP contribution in [0.3, 0.4) is 0 Å². The minimum Gasteiger partial charge on any atom is -0.279 e. The van der Waals surface area contributed by atoms with E-state index in [9.17, 15) is 12.8 Å². The van der Waals surface area contributed by atoms with E-state index in [1.54, 1.807) is 54.6 Å². The van der Waals surface area contributed by atoms with Gasteiger partial charge in [-0.3, -0.25) is 5.43 Å². The molecule has 0 atom stereocenters. The molecule has 0 saturated heterocycles. The third-order valence-electron chi connectivity index (χ3n) is 3.80. The highest BCUT2D eigenvalue weighted by Gasteiger charge is 2.17. The first-order valence-corrected chi connectivity index (χ1v) is 9.40. The van der Waals surface area contributed by atoms with Crippen LogP contribution in [-0.2, 0) is 9.84 Å². The number of hydrazone groups is 1. The van der Waals surface area contributed by atoms with Crippen LogP contribution in [0, 0.1) is 12.7 Å². The number of rotatable bonds is 5. The molecule has 0 unspecified atom stereocenters. The van der Waals surface area contributed by atoms with Crippen molar-refractivity contribution in [3.8, 4) is 0 Å². The van der Waals surface area contributed by atoms with Crippen LogP contribution in [0.5, 0.6) is 0 Å². The molecule has 6 heteroatoms. The van der Waals surface area contributed by atoms with Gasteiger partial charge in [0.05, 0.1) is 21.7 Å². The van der Waals surface area contributed by atoms with Crippen molar-refractivity contribution in [2.45, 2.75) is 16.7 Å². The molecule has 0 aliphatic heterocycles. The van der Waals surface area contributed by atoms with Crippen LogP contribution < -0.4 is 5.43 Å². The number of anilines is 1. The lowest BCUT2D eigenvalue weighted by molar-refractivity contribution is 0.596. The molecule has 132 valence electrons. The fourth-order valence-electron chi connectivity index (χ4n) is 2.32. The molecule has 1 N–H and O–H groups in total. The average Bonchev–Trinajstić information content (AvgIpc) is 2.64. The Morgan fingerprint density at radius 2 is 1.46 bits per heavy atom. The lowest BCUT2D eigenvalue weighted by Gasteiger charge is -2.06. The van der Waals surface area contributed by atoms with Gasteiger partial charge in [0.2, 0.25) is 9.84 Å². The Hall–Kier alpha value is -2.99. The number of halogens is 1. The first-order chi connectivity index (χ1) is 12.5. The van der Waals surface area contributed by atoms with E-state index in [2.05, 4.69) is 10.5 Å². The Bertz CT molecular complexity index is 1030. The Balaban J connectivity index is 1.74. The smallest absolute Gasteiger partial charge is 0.206 e. The summed E-state index contributed by atoms with van der Waals surface area (Å²) in [6.07, 6.45) is 1.37. The quantitative estimate of drug-likeness (QED) is 0.536. The summed E-state index contributed by atoms with van der Waals surface area (Å²) in [5.41, 5.74) is 4.71. The first kappa shape index (κ1) is 17.8. The zero-order valence-electron chi connectivity index (χ0n) is 14.1. The summed E-state index contributed by atoms with van der Waals surface area (Å²) in [7, 11) is -3.56. The van der Waals surface area contributed by atoms with Crippen molar-refractivity contribution < 1.29 is 12.8 Å². The van der Waals surface area contributed by atoms with Gasteiger partial charge in [0, 0.05) is 5.56 Å². The molecule has 0 heterocycles. The Kier molecular flexibility index (Phi) is 5.14. The van der Waals surface area contributed by atoms with E-state index in [0.29, 0.717) is 11.3 Å². The molecule has 3 aromatic carbocycles. The number of hydrogen-bond donors (Lipinski definition) is 1. The summed E-state index contributed by atoms with van der Waals surface area (Å²) in [6.45, 7) is 1.90. The van der Waals surface area contributed by atoms with Crippen LogP contribution in [0.2, 0.25) is 0 Å². The van der Waals surface area contributed by atoms with E-state index in [0.717, 1.165) is 5.56 Å². The lowest BCUT2D eigenvalue weighted by Crippen LogP contribution is -2.02. The molecular formula is C20H17FN2O2S. The molecule has 0 radical (unpaired) electrons. The zero-order valence-corrected chi connectivity index (χ0v) is 14.9. The van der Waals surface area contributed by atoms with E-state index in [1.807, 2.05) is 6.92 Å². The van der Waals surface area contributed by atoms with Crippen LogP contribution >= 0.6 is 0 Å². The molecule has 26 heavy (non-hydrogen) atoms. The SMILES string of the molecule is Cc1ccc(S(=O)(=O)c2ccc(N/N=C\c3ccccc3F)cc2)cc1. The van der Waals surface area contributed by atoms with Crippen molar-refractivity contribution in [1.82, 2.24) is 0 Å². The fourth-order valence-corrected chi connectivity index (χ4v) is 3.58. The second-order valence-electron chi connectivity index (χ2n) is 5.73. The van der Waals surface area contributed by atoms with Crippen molar-refractivity contribution in [1.29, 1.82) is 0 Å². The molecule has 0 amide bonds. The second kappa shape index (κ2) is 7.49. The molecule has 3 rings (SSSR count). The predicted octanol–water partition coefficient (Wildman–Crippen LogP) is 4.41. The maximum absolute atomic E-state index is 13.5. The first-order valence-electron chi connectivity index (χ1n) is 7.92.